The van der Waals surface area contributed by atoms with E-state index >= 15 is 0 Å². The van der Waals surface area contributed by atoms with E-state index in [0.717, 1.165) is 5.69 Å². The second kappa shape index (κ2) is 5.34. The van der Waals surface area contributed by atoms with Crippen LogP contribution in [-0.4, -0.2) is 11.7 Å². The van der Waals surface area contributed by atoms with Crippen LogP contribution in [0.4, 0.5) is 13.2 Å². The molecule has 0 atom stereocenters. The molecule has 0 unspecified atom stereocenters. The van der Waals surface area contributed by atoms with Gasteiger partial charge in [0.25, 0.3) is 0 Å². The lowest BCUT2D eigenvalue weighted by Crippen LogP contribution is -1.80. The number of pyridine rings is 1. The predicted octanol–water partition coefficient (Wildman–Crippen LogP) is 3.72. The van der Waals surface area contributed by atoms with Gasteiger partial charge in [-0.2, -0.15) is 13.2 Å². The number of fused-ring (bicyclic) bond motifs is 1. The molecule has 80 valence electrons. The van der Waals surface area contributed by atoms with Gasteiger partial charge in [0.2, 0.25) is 0 Å². The summed E-state index contributed by atoms with van der Waals surface area (Å²) in [6.07, 6.45) is 1.84. The highest BCUT2D eigenvalue weighted by molar-refractivity contribution is 5.83. The van der Waals surface area contributed by atoms with Crippen molar-refractivity contribution in [1.29, 1.82) is 0 Å². The van der Waals surface area contributed by atoms with E-state index in [0.29, 0.717) is 0 Å². The summed E-state index contributed by atoms with van der Waals surface area (Å²) in [4.78, 5) is 4.21. The summed E-state index contributed by atoms with van der Waals surface area (Å²) in [5, 5.41) is 2.51. The largest absolute Gasteiger partial charge is 0.379 e. The molecule has 2 aromatic rings. The van der Waals surface area contributed by atoms with E-state index in [4.69, 9.17) is 0 Å². The molecule has 0 spiro atoms. The van der Waals surface area contributed by atoms with Crippen LogP contribution in [-0.2, 0) is 0 Å². The fraction of sp³-hybridized carbons (Fsp3) is 0.182. The zero-order valence-corrected chi connectivity index (χ0v) is 8.12. The Morgan fingerprint density at radius 2 is 1.67 bits per heavy atom. The molecule has 0 radical (unpaired) electrons. The third-order valence-electron chi connectivity index (χ3n) is 1.87. The molecular weight excluding hydrogens is 203 g/mol. The van der Waals surface area contributed by atoms with Crippen molar-refractivity contribution in [2.24, 2.45) is 0 Å². The molecule has 15 heavy (non-hydrogen) atoms. The van der Waals surface area contributed by atoms with Crippen molar-refractivity contribution < 1.29 is 13.2 Å². The number of hydrogen-bond donors (Lipinski definition) is 0. The molecule has 0 fully saturated rings. The summed E-state index contributed by atoms with van der Waals surface area (Å²) < 4.78 is 29.0. The number of hydrogen-bond acceptors (Lipinski definition) is 1. The molecule has 1 aromatic carbocycles. The number of nitrogens with zero attached hydrogens (tertiary/aromatic N) is 1. The summed E-state index contributed by atoms with van der Waals surface area (Å²) in [5.41, 5.74) is 1.10. The first-order chi connectivity index (χ1) is 7.11. The standard InChI is InChI=1S/C10H9N.CHF3/c1-8-10-5-3-2-4-9(10)6-7-11-8;2-1(3)4/h2-7H,1H3;1H. The van der Waals surface area contributed by atoms with Crippen molar-refractivity contribution in [3.05, 3.63) is 42.2 Å². The molecule has 0 aliphatic rings. The van der Waals surface area contributed by atoms with Crippen LogP contribution in [0.5, 0.6) is 0 Å². The molecule has 0 bridgehead atoms. The van der Waals surface area contributed by atoms with Gasteiger partial charge >= 0.3 is 6.68 Å². The zero-order valence-electron chi connectivity index (χ0n) is 8.12. The Bertz CT molecular complexity index is 421. The van der Waals surface area contributed by atoms with Crippen molar-refractivity contribution in [3.8, 4) is 0 Å². The van der Waals surface area contributed by atoms with Crippen molar-refractivity contribution in [1.82, 2.24) is 4.98 Å². The molecule has 0 amide bonds. The highest BCUT2D eigenvalue weighted by Gasteiger charge is 1.93. The molecule has 0 saturated carbocycles. The first kappa shape index (κ1) is 11.5. The Morgan fingerprint density at radius 3 is 2.27 bits per heavy atom. The highest BCUT2D eigenvalue weighted by atomic mass is 19.4. The number of halogens is 3. The van der Waals surface area contributed by atoms with Gasteiger partial charge in [0.1, 0.15) is 0 Å². The number of aromatic nitrogens is 1. The first-order valence-electron chi connectivity index (χ1n) is 4.34. The van der Waals surface area contributed by atoms with E-state index < -0.39 is 6.68 Å². The molecule has 1 aromatic heterocycles. The van der Waals surface area contributed by atoms with Gasteiger partial charge in [0.15, 0.2) is 0 Å². The number of alkyl halides is 3. The predicted molar refractivity (Wildman–Crippen MR) is 53.6 cm³/mol. The Labute approximate surface area is 85.6 Å². The van der Waals surface area contributed by atoms with Crippen LogP contribution in [0.2, 0.25) is 0 Å². The summed E-state index contributed by atoms with van der Waals surface area (Å²) in [6, 6.07) is 10.3. The van der Waals surface area contributed by atoms with Gasteiger partial charge in [-0.15, -0.1) is 0 Å². The Balaban J connectivity index is 0.000000245. The molecule has 0 saturated heterocycles. The second-order valence-electron chi connectivity index (χ2n) is 2.86. The molecular formula is C11H10F3N. The van der Waals surface area contributed by atoms with E-state index in [1.807, 2.05) is 31.3 Å². The lowest BCUT2D eigenvalue weighted by Gasteiger charge is -1.97. The van der Waals surface area contributed by atoms with Gasteiger partial charge in [0.05, 0.1) is 0 Å². The summed E-state index contributed by atoms with van der Waals surface area (Å²) in [7, 11) is 0. The molecule has 2 rings (SSSR count). The van der Waals surface area contributed by atoms with E-state index in [9.17, 15) is 13.2 Å². The lowest BCUT2D eigenvalue weighted by molar-refractivity contribution is 0.00819. The van der Waals surface area contributed by atoms with Crippen LogP contribution in [0.25, 0.3) is 10.8 Å². The van der Waals surface area contributed by atoms with Gasteiger partial charge in [0, 0.05) is 17.3 Å². The smallest absolute Gasteiger partial charge is 0.261 e. The third kappa shape index (κ3) is 3.58. The lowest BCUT2D eigenvalue weighted by atomic mass is 10.1. The number of aryl methyl sites for hydroxylation is 1. The molecule has 0 aliphatic heterocycles. The maximum atomic E-state index is 9.67. The minimum atomic E-state index is -3.67. The number of benzene rings is 1. The van der Waals surface area contributed by atoms with Gasteiger partial charge in [-0.3, -0.25) is 4.98 Å². The Hall–Kier alpha value is -1.58. The SMILES string of the molecule is Cc1nccc2ccccc12.FC(F)F. The minimum Gasteiger partial charge on any atom is -0.261 e. The normalized spacial score (nSPS) is 9.93. The highest BCUT2D eigenvalue weighted by Crippen LogP contribution is 2.14. The molecule has 1 nitrogen and oxygen atoms in total. The van der Waals surface area contributed by atoms with Gasteiger partial charge < -0.3 is 0 Å². The van der Waals surface area contributed by atoms with E-state index in [2.05, 4.69) is 17.1 Å². The van der Waals surface area contributed by atoms with E-state index in [1.165, 1.54) is 10.8 Å². The van der Waals surface area contributed by atoms with Crippen molar-refractivity contribution in [3.63, 3.8) is 0 Å². The maximum absolute atomic E-state index is 9.67. The van der Waals surface area contributed by atoms with E-state index in [-0.39, 0.29) is 0 Å². The summed E-state index contributed by atoms with van der Waals surface area (Å²) in [5.74, 6) is 0. The second-order valence-corrected chi connectivity index (χ2v) is 2.86. The van der Waals surface area contributed by atoms with Crippen LogP contribution in [0.1, 0.15) is 5.69 Å². The summed E-state index contributed by atoms with van der Waals surface area (Å²) >= 11 is 0. The topological polar surface area (TPSA) is 12.9 Å². The quantitative estimate of drug-likeness (QED) is 0.649. The van der Waals surface area contributed by atoms with Gasteiger partial charge in [-0.1, -0.05) is 24.3 Å². The average Bonchev–Trinajstić information content (AvgIpc) is 2.18. The van der Waals surface area contributed by atoms with Crippen molar-refractivity contribution in [2.45, 2.75) is 13.6 Å². The molecule has 1 heterocycles. The fourth-order valence-corrected chi connectivity index (χ4v) is 1.27. The van der Waals surface area contributed by atoms with Crippen LogP contribution >= 0.6 is 0 Å². The fourth-order valence-electron chi connectivity index (χ4n) is 1.27. The average molecular weight is 213 g/mol. The van der Waals surface area contributed by atoms with Crippen LogP contribution in [0, 0.1) is 6.92 Å². The molecule has 0 aliphatic carbocycles. The van der Waals surface area contributed by atoms with Gasteiger partial charge in [-0.25, -0.2) is 0 Å². The van der Waals surface area contributed by atoms with E-state index in [1.54, 1.807) is 0 Å². The van der Waals surface area contributed by atoms with Crippen LogP contribution in [0.15, 0.2) is 36.5 Å². The third-order valence-corrected chi connectivity index (χ3v) is 1.87. The van der Waals surface area contributed by atoms with Crippen LogP contribution in [0.3, 0.4) is 0 Å². The maximum Gasteiger partial charge on any atom is 0.379 e. The Morgan fingerprint density at radius 1 is 1.07 bits per heavy atom. The van der Waals surface area contributed by atoms with Crippen molar-refractivity contribution >= 4 is 10.8 Å². The zero-order chi connectivity index (χ0) is 11.3. The molecule has 0 N–H and O–H groups in total. The monoisotopic (exact) mass is 213 g/mol. The van der Waals surface area contributed by atoms with Crippen molar-refractivity contribution in [2.75, 3.05) is 0 Å². The number of rotatable bonds is 0. The first-order valence-corrected chi connectivity index (χ1v) is 4.34. The Kier molecular flexibility index (Phi) is 4.09. The summed E-state index contributed by atoms with van der Waals surface area (Å²) in [6.45, 7) is -1.64. The van der Waals surface area contributed by atoms with Crippen LogP contribution < -0.4 is 0 Å². The minimum absolute atomic E-state index is 1.10. The molecule has 4 heteroatoms. The van der Waals surface area contributed by atoms with Gasteiger partial charge in [-0.05, 0) is 18.4 Å².